The average molecular weight is 477 g/mol. The molecule has 35 heavy (non-hydrogen) atoms. The molecular weight excluding hydrogens is 446 g/mol. The number of alkyl halides is 2. The van der Waals surface area contributed by atoms with Gasteiger partial charge in [0.15, 0.2) is 0 Å². The molecule has 0 unspecified atom stereocenters. The molecule has 0 fully saturated rings. The van der Waals surface area contributed by atoms with Crippen LogP contribution in [0.1, 0.15) is 54.2 Å². The molecule has 0 spiro atoms. The lowest BCUT2D eigenvalue weighted by molar-refractivity contribution is 0.0165. The third-order valence-corrected chi connectivity index (χ3v) is 6.07. The summed E-state index contributed by atoms with van der Waals surface area (Å²) in [6, 6.07) is 19.6. The minimum atomic E-state index is -2.98. The molecule has 0 aliphatic rings. The van der Waals surface area contributed by atoms with E-state index in [-0.39, 0.29) is 12.1 Å². The van der Waals surface area contributed by atoms with Gasteiger partial charge in [-0.25, -0.2) is 13.8 Å². The highest BCUT2D eigenvalue weighted by Gasteiger charge is 2.27. The first-order valence-corrected chi connectivity index (χ1v) is 11.7. The number of carbonyl (C=O) groups is 1. The average Bonchev–Trinajstić information content (AvgIpc) is 3.14. The zero-order valence-corrected chi connectivity index (χ0v) is 20.2. The van der Waals surface area contributed by atoms with E-state index >= 15 is 0 Å². The van der Waals surface area contributed by atoms with E-state index in [9.17, 15) is 13.6 Å². The number of imidazole rings is 1. The van der Waals surface area contributed by atoms with Gasteiger partial charge in [0.1, 0.15) is 0 Å². The SMILES string of the molecule is CC(C)CCc1ccc(Nc2nc3cc(C(N)=O)ccc3n2Cc2ccccc2C(C)(F)F)cc1. The number of benzene rings is 3. The van der Waals surface area contributed by atoms with E-state index in [0.717, 1.165) is 25.5 Å². The molecule has 1 amide bonds. The first kappa shape index (κ1) is 24.4. The van der Waals surface area contributed by atoms with Gasteiger partial charge < -0.3 is 15.6 Å². The van der Waals surface area contributed by atoms with Gasteiger partial charge in [-0.3, -0.25) is 4.79 Å². The van der Waals surface area contributed by atoms with Gasteiger partial charge in [-0.1, -0.05) is 50.2 Å². The van der Waals surface area contributed by atoms with Crippen LogP contribution in [0, 0.1) is 5.92 Å². The number of primary amides is 1. The number of amides is 1. The Balaban J connectivity index is 1.73. The van der Waals surface area contributed by atoms with Crippen LogP contribution in [0.25, 0.3) is 11.0 Å². The van der Waals surface area contributed by atoms with Gasteiger partial charge >= 0.3 is 0 Å². The lowest BCUT2D eigenvalue weighted by atomic mass is 10.0. The highest BCUT2D eigenvalue weighted by molar-refractivity contribution is 5.96. The zero-order chi connectivity index (χ0) is 25.2. The number of aromatic nitrogens is 2. The Labute approximate surface area is 204 Å². The molecule has 1 heterocycles. The summed E-state index contributed by atoms with van der Waals surface area (Å²) in [7, 11) is 0. The highest BCUT2D eigenvalue weighted by atomic mass is 19.3. The second-order valence-corrected chi connectivity index (χ2v) is 9.39. The van der Waals surface area contributed by atoms with Gasteiger partial charge in [-0.2, -0.15) is 0 Å². The number of carbonyl (C=O) groups excluding carboxylic acids is 1. The van der Waals surface area contributed by atoms with Crippen LogP contribution in [0.3, 0.4) is 0 Å². The van der Waals surface area contributed by atoms with Gasteiger partial charge in [0.25, 0.3) is 5.92 Å². The third-order valence-electron chi connectivity index (χ3n) is 6.07. The van der Waals surface area contributed by atoms with Gasteiger partial charge in [-0.05, 0) is 60.2 Å². The monoisotopic (exact) mass is 476 g/mol. The van der Waals surface area contributed by atoms with Crippen molar-refractivity contribution in [1.29, 1.82) is 0 Å². The fourth-order valence-electron chi connectivity index (χ4n) is 4.13. The van der Waals surface area contributed by atoms with Crippen LogP contribution in [0.4, 0.5) is 20.4 Å². The van der Waals surface area contributed by atoms with Crippen LogP contribution in [0.5, 0.6) is 0 Å². The Morgan fingerprint density at radius 3 is 2.46 bits per heavy atom. The van der Waals surface area contributed by atoms with E-state index in [1.54, 1.807) is 36.4 Å². The zero-order valence-electron chi connectivity index (χ0n) is 20.2. The predicted molar refractivity (Wildman–Crippen MR) is 136 cm³/mol. The molecule has 4 aromatic rings. The van der Waals surface area contributed by atoms with Crippen LogP contribution in [0.15, 0.2) is 66.7 Å². The maximum absolute atomic E-state index is 14.3. The Kier molecular flexibility index (Phi) is 6.87. The van der Waals surface area contributed by atoms with E-state index in [0.29, 0.717) is 34.0 Å². The molecule has 1 aromatic heterocycles. The van der Waals surface area contributed by atoms with Gasteiger partial charge in [-0.15, -0.1) is 0 Å². The molecule has 3 N–H and O–H groups in total. The number of nitrogens with one attached hydrogen (secondary N) is 1. The van der Waals surface area contributed by atoms with Gasteiger partial charge in [0.05, 0.1) is 17.6 Å². The predicted octanol–water partition coefficient (Wildman–Crippen LogP) is 6.63. The van der Waals surface area contributed by atoms with Crippen molar-refractivity contribution < 1.29 is 13.6 Å². The second kappa shape index (κ2) is 9.86. The van der Waals surface area contributed by atoms with Gasteiger partial charge in [0, 0.05) is 23.7 Å². The van der Waals surface area contributed by atoms with E-state index in [1.807, 2.05) is 16.7 Å². The van der Waals surface area contributed by atoms with Crippen molar-refractivity contribution >= 4 is 28.6 Å². The van der Waals surface area contributed by atoms with Crippen molar-refractivity contribution in [1.82, 2.24) is 9.55 Å². The maximum Gasteiger partial charge on any atom is 0.270 e. The van der Waals surface area contributed by atoms with Crippen LogP contribution in [0.2, 0.25) is 0 Å². The Morgan fingerprint density at radius 1 is 1.09 bits per heavy atom. The molecule has 0 atom stereocenters. The first-order valence-electron chi connectivity index (χ1n) is 11.7. The molecule has 182 valence electrons. The molecule has 0 saturated heterocycles. The fraction of sp³-hybridized carbons (Fsp3) is 0.286. The Morgan fingerprint density at radius 2 is 1.80 bits per heavy atom. The van der Waals surface area contributed by atoms with Crippen molar-refractivity contribution in [3.63, 3.8) is 0 Å². The number of fused-ring (bicyclic) bond motifs is 1. The minimum absolute atomic E-state index is 0.0314. The molecule has 7 heteroatoms. The summed E-state index contributed by atoms with van der Waals surface area (Å²) in [5, 5.41) is 3.33. The maximum atomic E-state index is 14.3. The molecule has 0 aliphatic heterocycles. The third kappa shape index (κ3) is 5.67. The van der Waals surface area contributed by atoms with Crippen molar-refractivity contribution in [2.75, 3.05) is 5.32 Å². The first-order chi connectivity index (χ1) is 16.6. The number of hydrogen-bond acceptors (Lipinski definition) is 3. The van der Waals surface area contributed by atoms with E-state index in [2.05, 4.69) is 36.3 Å². The Hall–Kier alpha value is -3.74. The van der Waals surface area contributed by atoms with Crippen LogP contribution < -0.4 is 11.1 Å². The summed E-state index contributed by atoms with van der Waals surface area (Å²) in [6.07, 6.45) is 2.13. The van der Waals surface area contributed by atoms with Crippen LogP contribution >= 0.6 is 0 Å². The fourth-order valence-corrected chi connectivity index (χ4v) is 4.13. The van der Waals surface area contributed by atoms with Crippen LogP contribution in [-0.4, -0.2) is 15.5 Å². The summed E-state index contributed by atoms with van der Waals surface area (Å²) in [5.74, 6) is -2.41. The molecule has 0 aliphatic carbocycles. The molecule has 0 bridgehead atoms. The van der Waals surface area contributed by atoms with Crippen molar-refractivity contribution in [2.45, 2.75) is 46.1 Å². The number of hydrogen-bond donors (Lipinski definition) is 2. The topological polar surface area (TPSA) is 72.9 Å². The minimum Gasteiger partial charge on any atom is -0.366 e. The van der Waals surface area contributed by atoms with E-state index < -0.39 is 11.8 Å². The Bertz CT molecular complexity index is 1340. The van der Waals surface area contributed by atoms with E-state index in [1.165, 1.54) is 11.6 Å². The number of nitrogens with two attached hydrogens (primary N) is 1. The van der Waals surface area contributed by atoms with Crippen molar-refractivity contribution in [2.24, 2.45) is 11.7 Å². The number of anilines is 2. The summed E-state index contributed by atoms with van der Waals surface area (Å²) in [4.78, 5) is 16.4. The molecule has 0 saturated carbocycles. The molecule has 3 aromatic carbocycles. The number of aryl methyl sites for hydroxylation is 1. The molecule has 0 radical (unpaired) electrons. The standard InChI is InChI=1S/C28H30F2N4O/c1-18(2)8-9-19-10-13-22(14-11-19)32-27-33-24-16-20(26(31)35)12-15-25(24)34(27)17-21-6-4-5-7-23(21)28(3,29)30/h4-7,10-16,18H,8-9,17H2,1-3H3,(H2,31,35)(H,32,33). The van der Waals surface area contributed by atoms with Crippen molar-refractivity contribution in [3.05, 3.63) is 89.0 Å². The largest absolute Gasteiger partial charge is 0.366 e. The quantitative estimate of drug-likeness (QED) is 0.285. The number of rotatable bonds is 9. The number of halogens is 2. The lowest BCUT2D eigenvalue weighted by Gasteiger charge is -2.18. The molecule has 5 nitrogen and oxygen atoms in total. The second-order valence-electron chi connectivity index (χ2n) is 9.39. The molecular formula is C28H30F2N4O. The summed E-state index contributed by atoms with van der Waals surface area (Å²) in [5.41, 5.74) is 9.59. The lowest BCUT2D eigenvalue weighted by Crippen LogP contribution is -2.14. The number of nitrogens with zero attached hydrogens (tertiary/aromatic N) is 2. The van der Waals surface area contributed by atoms with Crippen LogP contribution in [-0.2, 0) is 18.9 Å². The summed E-state index contributed by atoms with van der Waals surface area (Å²) in [6.45, 7) is 5.49. The van der Waals surface area contributed by atoms with Crippen molar-refractivity contribution in [3.8, 4) is 0 Å². The summed E-state index contributed by atoms with van der Waals surface area (Å²) >= 11 is 0. The van der Waals surface area contributed by atoms with Gasteiger partial charge in [0.2, 0.25) is 11.9 Å². The van der Waals surface area contributed by atoms with E-state index in [4.69, 9.17) is 5.73 Å². The highest BCUT2D eigenvalue weighted by Crippen LogP contribution is 2.32. The molecule has 4 rings (SSSR count). The smallest absolute Gasteiger partial charge is 0.270 e. The summed E-state index contributed by atoms with van der Waals surface area (Å²) < 4.78 is 30.5. The normalized spacial score (nSPS) is 11.8.